The summed E-state index contributed by atoms with van der Waals surface area (Å²) in [4.78, 5) is 16.6. The van der Waals surface area contributed by atoms with E-state index in [2.05, 4.69) is 42.9 Å². The van der Waals surface area contributed by atoms with Crippen LogP contribution in [0.3, 0.4) is 0 Å². The Morgan fingerprint density at radius 3 is 2.94 bits per heavy atom. The Hall–Kier alpha value is -1.61. The highest BCUT2D eigenvalue weighted by Crippen LogP contribution is 2.39. The first-order valence-corrected chi connectivity index (χ1v) is 5.93. The van der Waals surface area contributed by atoms with E-state index in [1.54, 1.807) is 0 Å². The number of hydrogen-bond acceptors (Lipinski definition) is 2. The maximum atomic E-state index is 11.1. The summed E-state index contributed by atoms with van der Waals surface area (Å²) in [7, 11) is 2.10. The van der Waals surface area contributed by atoms with Crippen LogP contribution < -0.4 is 0 Å². The van der Waals surface area contributed by atoms with E-state index in [4.69, 9.17) is 0 Å². The second kappa shape index (κ2) is 3.44. The van der Waals surface area contributed by atoms with Crippen molar-refractivity contribution < 1.29 is 4.79 Å². The number of rotatable bonds is 1. The minimum Gasteiger partial charge on any atom is -0.352 e. The summed E-state index contributed by atoms with van der Waals surface area (Å²) < 4.78 is 0. The van der Waals surface area contributed by atoms with E-state index in [0.717, 1.165) is 29.6 Å². The van der Waals surface area contributed by atoms with Crippen molar-refractivity contribution in [2.45, 2.75) is 26.4 Å². The molecular formula is C14H16N2O. The molecule has 3 nitrogen and oxygen atoms in total. The number of nitrogens with one attached hydrogen (secondary N) is 1. The molecule has 0 radical (unpaired) electrons. The maximum Gasteiger partial charge on any atom is 0.166 e. The summed E-state index contributed by atoms with van der Waals surface area (Å²) in [5, 5.41) is 1.26. The molecule has 1 aliphatic heterocycles. The van der Waals surface area contributed by atoms with Crippen LogP contribution in [0.1, 0.15) is 40.1 Å². The normalized spacial score (nSPS) is 19.8. The van der Waals surface area contributed by atoms with Crippen LogP contribution in [0.25, 0.3) is 10.9 Å². The van der Waals surface area contributed by atoms with Crippen molar-refractivity contribution in [3.63, 3.8) is 0 Å². The zero-order valence-electron chi connectivity index (χ0n) is 10.4. The number of carbonyl (C=O) groups excluding carboxylic acids is 1. The molecule has 2 heterocycles. The van der Waals surface area contributed by atoms with Gasteiger partial charge in [0, 0.05) is 29.1 Å². The third-order valence-electron chi connectivity index (χ3n) is 3.96. The van der Waals surface area contributed by atoms with Crippen molar-refractivity contribution >= 4 is 17.2 Å². The van der Waals surface area contributed by atoms with Crippen molar-refractivity contribution in [3.8, 4) is 0 Å². The summed E-state index contributed by atoms with van der Waals surface area (Å²) in [5.41, 5.74) is 5.62. The van der Waals surface area contributed by atoms with Gasteiger partial charge < -0.3 is 4.98 Å². The number of aldehydes is 1. The minimum absolute atomic E-state index is 0.404. The van der Waals surface area contributed by atoms with Gasteiger partial charge in [-0.2, -0.15) is 0 Å². The molecule has 0 aliphatic carbocycles. The third-order valence-corrected chi connectivity index (χ3v) is 3.96. The number of aromatic amines is 1. The molecule has 3 heteroatoms. The molecule has 0 bridgehead atoms. The first-order valence-electron chi connectivity index (χ1n) is 5.93. The highest BCUT2D eigenvalue weighted by atomic mass is 16.1. The van der Waals surface area contributed by atoms with E-state index in [-0.39, 0.29) is 0 Å². The Balaban J connectivity index is 2.45. The first-order chi connectivity index (χ1) is 8.13. The molecule has 0 spiro atoms. The molecule has 0 saturated heterocycles. The molecule has 1 aromatic heterocycles. The highest BCUT2D eigenvalue weighted by molar-refractivity contribution is 5.95. The second-order valence-electron chi connectivity index (χ2n) is 4.94. The standard InChI is InChI=1S/C14H16N2O/c1-8-4-5-11-14-10(12(7-17)15-11)6-16(3)9(2)13(8)14/h4-5,7,9,15H,6H2,1-3H3. The van der Waals surface area contributed by atoms with E-state index in [9.17, 15) is 4.79 Å². The van der Waals surface area contributed by atoms with Crippen molar-refractivity contribution in [1.29, 1.82) is 0 Å². The Morgan fingerprint density at radius 2 is 2.24 bits per heavy atom. The average molecular weight is 228 g/mol. The number of H-pyrrole nitrogens is 1. The molecule has 0 amide bonds. The Kier molecular flexibility index (Phi) is 2.13. The Bertz CT molecular complexity index is 612. The second-order valence-corrected chi connectivity index (χ2v) is 4.94. The van der Waals surface area contributed by atoms with Gasteiger partial charge in [-0.05, 0) is 38.1 Å². The summed E-state index contributed by atoms with van der Waals surface area (Å²) >= 11 is 0. The monoisotopic (exact) mass is 228 g/mol. The number of aryl methyl sites for hydroxylation is 1. The highest BCUT2D eigenvalue weighted by Gasteiger charge is 2.27. The lowest BCUT2D eigenvalue weighted by Gasteiger charge is -2.31. The summed E-state index contributed by atoms with van der Waals surface area (Å²) in [6.45, 7) is 5.20. The fraction of sp³-hybridized carbons (Fsp3) is 0.357. The van der Waals surface area contributed by atoms with Crippen molar-refractivity contribution in [2.75, 3.05) is 7.05 Å². The third kappa shape index (κ3) is 1.29. The maximum absolute atomic E-state index is 11.1. The molecule has 17 heavy (non-hydrogen) atoms. The van der Waals surface area contributed by atoms with E-state index in [1.807, 2.05) is 0 Å². The molecule has 88 valence electrons. The van der Waals surface area contributed by atoms with E-state index >= 15 is 0 Å². The van der Waals surface area contributed by atoms with E-state index in [1.165, 1.54) is 16.5 Å². The van der Waals surface area contributed by atoms with Crippen LogP contribution in [0.5, 0.6) is 0 Å². The number of aromatic nitrogens is 1. The van der Waals surface area contributed by atoms with Crippen LogP contribution in [0.15, 0.2) is 12.1 Å². The van der Waals surface area contributed by atoms with Crippen LogP contribution >= 0.6 is 0 Å². The van der Waals surface area contributed by atoms with Crippen LogP contribution in [-0.4, -0.2) is 23.2 Å². The smallest absolute Gasteiger partial charge is 0.166 e. The average Bonchev–Trinajstić information content (AvgIpc) is 2.66. The minimum atomic E-state index is 0.404. The quantitative estimate of drug-likeness (QED) is 0.762. The molecule has 1 N–H and O–H groups in total. The number of benzene rings is 1. The molecule has 3 rings (SSSR count). The van der Waals surface area contributed by atoms with Gasteiger partial charge in [0.15, 0.2) is 6.29 Å². The number of carbonyl (C=O) groups is 1. The Morgan fingerprint density at radius 1 is 1.47 bits per heavy atom. The van der Waals surface area contributed by atoms with Crippen molar-refractivity contribution in [1.82, 2.24) is 9.88 Å². The molecule has 1 aromatic carbocycles. The summed E-state index contributed by atoms with van der Waals surface area (Å²) in [5.74, 6) is 0. The predicted molar refractivity (Wildman–Crippen MR) is 68.3 cm³/mol. The van der Waals surface area contributed by atoms with Gasteiger partial charge in [-0.25, -0.2) is 0 Å². The Labute approximate surface area is 100 Å². The molecule has 1 unspecified atom stereocenters. The van der Waals surface area contributed by atoms with Gasteiger partial charge in [0.1, 0.15) is 0 Å². The van der Waals surface area contributed by atoms with Crippen LogP contribution in [0, 0.1) is 6.92 Å². The summed E-state index contributed by atoms with van der Waals surface area (Å²) in [6.07, 6.45) is 0.929. The fourth-order valence-corrected chi connectivity index (χ4v) is 2.92. The lowest BCUT2D eigenvalue weighted by Crippen LogP contribution is -2.26. The fourth-order valence-electron chi connectivity index (χ4n) is 2.92. The van der Waals surface area contributed by atoms with E-state index < -0.39 is 0 Å². The topological polar surface area (TPSA) is 36.1 Å². The zero-order chi connectivity index (χ0) is 12.2. The first kappa shape index (κ1) is 10.5. The lowest BCUT2D eigenvalue weighted by atomic mass is 9.91. The SMILES string of the molecule is Cc1ccc2[nH]c(C=O)c3c2c1C(C)N(C)C3. The zero-order valence-corrected chi connectivity index (χ0v) is 10.4. The number of hydrogen-bond donors (Lipinski definition) is 1. The van der Waals surface area contributed by atoms with Gasteiger partial charge in [0.05, 0.1) is 5.69 Å². The van der Waals surface area contributed by atoms with Gasteiger partial charge in [0.2, 0.25) is 0 Å². The lowest BCUT2D eigenvalue weighted by molar-refractivity contribution is 0.111. The van der Waals surface area contributed by atoms with Gasteiger partial charge in [0.25, 0.3) is 0 Å². The van der Waals surface area contributed by atoms with Gasteiger partial charge in [-0.15, -0.1) is 0 Å². The molecule has 0 saturated carbocycles. The molecule has 0 fully saturated rings. The van der Waals surface area contributed by atoms with Crippen LogP contribution in [0.2, 0.25) is 0 Å². The van der Waals surface area contributed by atoms with Crippen LogP contribution in [0.4, 0.5) is 0 Å². The molecular weight excluding hydrogens is 212 g/mol. The largest absolute Gasteiger partial charge is 0.352 e. The molecule has 1 aliphatic rings. The molecule has 2 aromatic rings. The van der Waals surface area contributed by atoms with E-state index in [0.29, 0.717) is 6.04 Å². The van der Waals surface area contributed by atoms with Gasteiger partial charge in [-0.3, -0.25) is 9.69 Å². The van der Waals surface area contributed by atoms with Gasteiger partial charge >= 0.3 is 0 Å². The van der Waals surface area contributed by atoms with Crippen molar-refractivity contribution in [2.24, 2.45) is 0 Å². The summed E-state index contributed by atoms with van der Waals surface area (Å²) in [6, 6.07) is 4.60. The molecule has 1 atom stereocenters. The number of nitrogens with zero attached hydrogens (tertiary/aromatic N) is 1. The van der Waals surface area contributed by atoms with Crippen molar-refractivity contribution in [3.05, 3.63) is 34.5 Å². The van der Waals surface area contributed by atoms with Gasteiger partial charge in [-0.1, -0.05) is 6.07 Å². The van der Waals surface area contributed by atoms with Crippen LogP contribution in [-0.2, 0) is 6.54 Å². The predicted octanol–water partition coefficient (Wildman–Crippen LogP) is 2.80.